The van der Waals surface area contributed by atoms with Crippen molar-refractivity contribution in [3.63, 3.8) is 0 Å². The first-order valence-corrected chi connectivity index (χ1v) is 16.1. The van der Waals surface area contributed by atoms with E-state index in [0.717, 1.165) is 74.2 Å². The number of hydrogen-bond acceptors (Lipinski definition) is 4. The smallest absolute Gasteiger partial charge is 0.231 e. The number of carbonyl (C=O) groups is 1. The fraction of sp³-hybridized carbons (Fsp3) is 0.583. The van der Waals surface area contributed by atoms with Crippen LogP contribution in [-0.4, -0.2) is 34.3 Å². The monoisotopic (exact) mass is 568 g/mol. The Hall–Kier alpha value is -3.15. The van der Waals surface area contributed by atoms with E-state index in [0.29, 0.717) is 0 Å². The average Bonchev–Trinajstić information content (AvgIpc) is 3.53. The minimum Gasteiger partial charge on any atom is -0.496 e. The van der Waals surface area contributed by atoms with Crippen molar-refractivity contribution >= 4 is 11.7 Å². The Morgan fingerprint density at radius 3 is 2.33 bits per heavy atom. The Balaban J connectivity index is 1.27. The summed E-state index contributed by atoms with van der Waals surface area (Å²) in [6, 6.07) is 11.0. The molecule has 2 bridgehead atoms. The van der Waals surface area contributed by atoms with E-state index in [-0.39, 0.29) is 28.2 Å². The maximum atomic E-state index is 14.3. The fourth-order valence-electron chi connectivity index (χ4n) is 7.90. The van der Waals surface area contributed by atoms with Crippen LogP contribution >= 0.6 is 0 Å². The van der Waals surface area contributed by atoms with Gasteiger partial charge in [-0.05, 0) is 125 Å². The number of aryl methyl sites for hydroxylation is 1. The zero-order valence-electron chi connectivity index (χ0n) is 26.3. The molecule has 7 rings (SSSR count). The van der Waals surface area contributed by atoms with Gasteiger partial charge >= 0.3 is 0 Å². The molecule has 2 aromatic heterocycles. The Bertz CT molecular complexity index is 1400. The third kappa shape index (κ3) is 5.49. The van der Waals surface area contributed by atoms with E-state index in [1.807, 2.05) is 23.1 Å². The second kappa shape index (κ2) is 11.2. The van der Waals surface area contributed by atoms with Gasteiger partial charge in [0.15, 0.2) is 0 Å². The highest BCUT2D eigenvalue weighted by Gasteiger charge is 2.50. The molecule has 42 heavy (non-hydrogen) atoms. The van der Waals surface area contributed by atoms with Gasteiger partial charge in [-0.2, -0.15) is 5.10 Å². The molecule has 1 amide bonds. The number of fused-ring (bicyclic) bond motifs is 3. The van der Waals surface area contributed by atoms with Crippen LogP contribution in [0.2, 0.25) is 0 Å². The van der Waals surface area contributed by atoms with Crippen LogP contribution in [0.15, 0.2) is 48.9 Å². The molecule has 6 nitrogen and oxygen atoms in total. The number of anilines is 1. The van der Waals surface area contributed by atoms with Gasteiger partial charge < -0.3 is 4.74 Å². The number of methoxy groups -OCH3 is 1. The van der Waals surface area contributed by atoms with Crippen molar-refractivity contribution in [2.45, 2.75) is 109 Å². The molecule has 0 unspecified atom stereocenters. The molecule has 0 spiro atoms. The lowest BCUT2D eigenvalue weighted by atomic mass is 9.51. The lowest BCUT2D eigenvalue weighted by Gasteiger charge is -2.55. The van der Waals surface area contributed by atoms with E-state index in [4.69, 9.17) is 9.72 Å². The highest BCUT2D eigenvalue weighted by Crippen LogP contribution is 2.58. The number of aromatic nitrogens is 3. The molecule has 4 fully saturated rings. The molecule has 2 heterocycles. The quantitative estimate of drug-likeness (QED) is 0.288. The summed E-state index contributed by atoms with van der Waals surface area (Å²) in [6.07, 6.45) is 18.5. The van der Waals surface area contributed by atoms with Crippen molar-refractivity contribution in [2.24, 2.45) is 11.3 Å². The van der Waals surface area contributed by atoms with Crippen molar-refractivity contribution in [1.29, 1.82) is 0 Å². The molecule has 1 aromatic carbocycles. The number of nitrogens with zero attached hydrogens (tertiary/aromatic N) is 4. The molecule has 4 aliphatic carbocycles. The molecule has 0 atom stereocenters. The Kier molecular flexibility index (Phi) is 7.69. The molecule has 4 saturated carbocycles. The summed E-state index contributed by atoms with van der Waals surface area (Å²) in [6.45, 7) is 9.40. The molecule has 6 heteroatoms. The molecule has 0 aliphatic heterocycles. The van der Waals surface area contributed by atoms with Crippen molar-refractivity contribution in [3.05, 3.63) is 60.0 Å². The number of ether oxygens (including phenoxy) is 1. The Labute approximate surface area is 251 Å². The van der Waals surface area contributed by atoms with Gasteiger partial charge in [-0.15, -0.1) is 0 Å². The number of amides is 1. The topological polar surface area (TPSA) is 60.2 Å². The number of pyridine rings is 1. The average molecular weight is 569 g/mol. The molecule has 4 aliphatic rings. The van der Waals surface area contributed by atoms with Gasteiger partial charge in [0.25, 0.3) is 0 Å². The molecule has 224 valence electrons. The lowest BCUT2D eigenvalue weighted by Crippen LogP contribution is -2.51. The number of hydrogen-bond donors (Lipinski definition) is 0. The standard InChI is InChI=1S/C36H48N4O2/c1-26-21-30(11-12-31(26)42-5)36-17-14-35(15-18-36,16-19-36)25-39(33(41)27-9-7-6-8-10-27)32-22-28(13-20-37-32)29-23-38-40(24-29)34(2,3)4/h11-13,20-24,27H,6-10,14-19,25H2,1-5H3. The SMILES string of the molecule is COc1ccc(C23CCC(CN(C(=O)C4CCCCC4)c4cc(-c5cnn(C(C)(C)C)c5)ccn4)(CC2)CC3)cc1C. The van der Waals surface area contributed by atoms with Gasteiger partial charge in [0.1, 0.15) is 11.6 Å². The first-order valence-electron chi connectivity index (χ1n) is 16.1. The van der Waals surface area contributed by atoms with E-state index in [2.05, 4.69) is 68.2 Å². The summed E-state index contributed by atoms with van der Waals surface area (Å²) >= 11 is 0. The third-order valence-corrected chi connectivity index (χ3v) is 10.7. The highest BCUT2D eigenvalue weighted by atomic mass is 16.5. The van der Waals surface area contributed by atoms with Crippen LogP contribution in [0, 0.1) is 18.3 Å². The third-order valence-electron chi connectivity index (χ3n) is 10.7. The van der Waals surface area contributed by atoms with Crippen molar-refractivity contribution < 1.29 is 9.53 Å². The molecular weight excluding hydrogens is 520 g/mol. The van der Waals surface area contributed by atoms with Crippen molar-refractivity contribution in [1.82, 2.24) is 14.8 Å². The normalized spacial score (nSPS) is 24.5. The predicted octanol–water partition coefficient (Wildman–Crippen LogP) is 8.22. The Morgan fingerprint density at radius 2 is 1.71 bits per heavy atom. The first kappa shape index (κ1) is 28.9. The van der Waals surface area contributed by atoms with Gasteiger partial charge in [-0.1, -0.05) is 31.4 Å². The largest absolute Gasteiger partial charge is 0.496 e. The van der Waals surface area contributed by atoms with Gasteiger partial charge in [0, 0.05) is 30.4 Å². The van der Waals surface area contributed by atoms with E-state index >= 15 is 0 Å². The molecule has 3 aromatic rings. The second-order valence-corrected chi connectivity index (χ2v) is 14.5. The second-order valence-electron chi connectivity index (χ2n) is 14.5. The van der Waals surface area contributed by atoms with Gasteiger partial charge in [-0.3, -0.25) is 14.4 Å². The van der Waals surface area contributed by atoms with Gasteiger partial charge in [-0.25, -0.2) is 4.98 Å². The Morgan fingerprint density at radius 1 is 1.00 bits per heavy atom. The van der Waals surface area contributed by atoms with Crippen LogP contribution in [0.25, 0.3) is 11.1 Å². The summed E-state index contributed by atoms with van der Waals surface area (Å²) in [4.78, 5) is 21.2. The van der Waals surface area contributed by atoms with Gasteiger partial charge in [0.05, 0.1) is 18.8 Å². The summed E-state index contributed by atoms with van der Waals surface area (Å²) < 4.78 is 7.55. The van der Waals surface area contributed by atoms with Gasteiger partial charge in [0.2, 0.25) is 5.91 Å². The van der Waals surface area contributed by atoms with Crippen LogP contribution in [0.5, 0.6) is 5.75 Å². The summed E-state index contributed by atoms with van der Waals surface area (Å²) in [7, 11) is 1.75. The van der Waals surface area contributed by atoms with Crippen LogP contribution in [-0.2, 0) is 15.7 Å². The summed E-state index contributed by atoms with van der Waals surface area (Å²) in [5, 5.41) is 4.63. The number of carbonyl (C=O) groups excluding carboxylic acids is 1. The number of benzene rings is 1. The first-order chi connectivity index (χ1) is 20.1. The van der Waals surface area contributed by atoms with Crippen LogP contribution in [0.4, 0.5) is 5.82 Å². The number of rotatable bonds is 7. The highest BCUT2D eigenvalue weighted by molar-refractivity contribution is 5.95. The zero-order chi connectivity index (χ0) is 29.5. The van der Waals surface area contributed by atoms with Crippen LogP contribution < -0.4 is 9.64 Å². The molecule has 0 saturated heterocycles. The minimum absolute atomic E-state index is 0.0854. The van der Waals surface area contributed by atoms with Crippen LogP contribution in [0.1, 0.15) is 103 Å². The van der Waals surface area contributed by atoms with E-state index in [1.54, 1.807) is 7.11 Å². The lowest BCUT2D eigenvalue weighted by molar-refractivity contribution is -0.124. The van der Waals surface area contributed by atoms with Crippen molar-refractivity contribution in [3.8, 4) is 16.9 Å². The van der Waals surface area contributed by atoms with Crippen LogP contribution in [0.3, 0.4) is 0 Å². The molecular formula is C36H48N4O2. The van der Waals surface area contributed by atoms with E-state index in [9.17, 15) is 4.79 Å². The maximum Gasteiger partial charge on any atom is 0.231 e. The summed E-state index contributed by atoms with van der Waals surface area (Å²) in [5.74, 6) is 2.16. The van der Waals surface area contributed by atoms with Crippen molar-refractivity contribution in [2.75, 3.05) is 18.6 Å². The fourth-order valence-corrected chi connectivity index (χ4v) is 7.90. The van der Waals surface area contributed by atoms with E-state index in [1.165, 1.54) is 36.8 Å². The predicted molar refractivity (Wildman–Crippen MR) is 169 cm³/mol. The molecule has 0 N–H and O–H groups in total. The molecule has 0 radical (unpaired) electrons. The van der Waals surface area contributed by atoms with E-state index < -0.39 is 0 Å². The maximum absolute atomic E-state index is 14.3. The zero-order valence-corrected chi connectivity index (χ0v) is 26.3. The summed E-state index contributed by atoms with van der Waals surface area (Å²) in [5.41, 5.74) is 5.13. The minimum atomic E-state index is -0.0854.